The molecule has 14 nitrogen and oxygen atoms in total. The molecule has 1 saturated heterocycles. The van der Waals surface area contributed by atoms with Crippen molar-refractivity contribution in [2.75, 3.05) is 18.8 Å². The van der Waals surface area contributed by atoms with Gasteiger partial charge in [-0.05, 0) is 41.1 Å². The first-order chi connectivity index (χ1) is 28.1. The summed E-state index contributed by atoms with van der Waals surface area (Å²) in [6, 6.07) is 4.11. The predicted octanol–water partition coefficient (Wildman–Crippen LogP) is 4.97. The topological polar surface area (TPSA) is 191 Å². The molecule has 3 heterocycles. The Morgan fingerprint density at radius 3 is 2.23 bits per heavy atom. The van der Waals surface area contributed by atoms with Gasteiger partial charge in [-0.2, -0.15) is 0 Å². The Morgan fingerprint density at radius 2 is 1.65 bits per heavy atom. The van der Waals surface area contributed by atoms with Crippen molar-refractivity contribution in [2.24, 2.45) is 27.7 Å². The van der Waals surface area contributed by atoms with E-state index in [1.165, 1.54) is 23.1 Å². The summed E-state index contributed by atoms with van der Waals surface area (Å²) in [6.45, 7) is 20.9. The van der Waals surface area contributed by atoms with Gasteiger partial charge in [-0.25, -0.2) is 4.98 Å². The maximum atomic E-state index is 14.9. The van der Waals surface area contributed by atoms with Crippen LogP contribution in [0.5, 0.6) is 0 Å². The van der Waals surface area contributed by atoms with E-state index < -0.39 is 70.7 Å². The molecule has 0 radical (unpaired) electrons. The van der Waals surface area contributed by atoms with Gasteiger partial charge in [0, 0.05) is 36.2 Å². The van der Waals surface area contributed by atoms with Crippen molar-refractivity contribution in [2.45, 2.75) is 138 Å². The number of nitrogens with zero attached hydrogens (tertiary/aromatic N) is 3. The first kappa shape index (κ1) is 48.4. The van der Waals surface area contributed by atoms with E-state index in [1.807, 2.05) is 106 Å². The molecule has 5 N–H and O–H groups in total. The summed E-state index contributed by atoms with van der Waals surface area (Å²) >= 11 is 2.56. The van der Waals surface area contributed by atoms with Crippen LogP contribution in [-0.4, -0.2) is 99.4 Å². The first-order valence-electron chi connectivity index (χ1n) is 21.1. The molecule has 1 fully saturated rings. The van der Waals surface area contributed by atoms with Crippen LogP contribution in [0.1, 0.15) is 118 Å². The van der Waals surface area contributed by atoms with Gasteiger partial charge in [0.15, 0.2) is 5.12 Å². The fraction of sp³-hybridized carbons (Fsp3) is 0.636. The van der Waals surface area contributed by atoms with Gasteiger partial charge in [-0.1, -0.05) is 118 Å². The average molecular weight is 867 g/mol. The zero-order valence-electron chi connectivity index (χ0n) is 37.1. The average Bonchev–Trinajstić information content (AvgIpc) is 3.86. The molecule has 330 valence electrons. The van der Waals surface area contributed by atoms with Crippen molar-refractivity contribution in [3.05, 3.63) is 52.5 Å². The molecule has 2 aliphatic heterocycles. The van der Waals surface area contributed by atoms with Crippen LogP contribution in [-0.2, 0) is 28.8 Å². The molecule has 8 atom stereocenters. The van der Waals surface area contributed by atoms with Crippen LogP contribution < -0.4 is 26.6 Å². The minimum absolute atomic E-state index is 0.0351. The first-order valence-corrected chi connectivity index (χ1v) is 22.9. The molecule has 5 amide bonds. The van der Waals surface area contributed by atoms with Crippen molar-refractivity contribution in [1.29, 1.82) is 0 Å². The van der Waals surface area contributed by atoms with Gasteiger partial charge in [-0.3, -0.25) is 33.8 Å². The molecule has 60 heavy (non-hydrogen) atoms. The van der Waals surface area contributed by atoms with E-state index in [4.69, 9.17) is 4.99 Å². The fourth-order valence-corrected chi connectivity index (χ4v) is 8.93. The minimum atomic E-state index is -1.09. The normalized spacial score (nSPS) is 22.5. The van der Waals surface area contributed by atoms with E-state index in [9.17, 15) is 28.8 Å². The monoisotopic (exact) mass is 866 g/mol. The molecule has 0 spiro atoms. The van der Waals surface area contributed by atoms with Crippen LogP contribution in [0, 0.1) is 22.7 Å². The van der Waals surface area contributed by atoms with Gasteiger partial charge in [0.05, 0.1) is 12.1 Å². The van der Waals surface area contributed by atoms with Crippen LogP contribution in [0.2, 0.25) is 0 Å². The largest absolute Gasteiger partial charge is 0.360 e. The maximum absolute atomic E-state index is 14.9. The van der Waals surface area contributed by atoms with E-state index in [0.29, 0.717) is 23.7 Å². The number of hydrogen-bond donors (Lipinski definition) is 5. The van der Waals surface area contributed by atoms with Gasteiger partial charge >= 0.3 is 0 Å². The number of hydrogen-bond acceptors (Lipinski definition) is 11. The standard InChI is InChI=1S/C44H66N8O6S2/c1-12-21-59-31(54)23-29(42-45-19-22-60-42)47-39(56)33(27(5)28-16-14-13-15-17-28)49-41(58)36(44(9,10)11)50-37-35(43(6,7)8)51-38(55)32(25(2)3)48-40(57)34-26(4)18-20-52(34)30(53)24-46-37/h13-17,19,22,25-27,29,32-36H,12,18,20-21,23-24H2,1-11H3,(H,46,50)(H,47,56)(H,48,57)(H,49,58)(H,51,55)/t26-,27+,29-,32+,33?,34+,35?,36?/m1/s1. The fourth-order valence-electron chi connectivity index (χ4n) is 7.53. The van der Waals surface area contributed by atoms with Gasteiger partial charge in [0.1, 0.15) is 41.6 Å². The number of nitrogens with one attached hydrogen (secondary N) is 5. The summed E-state index contributed by atoms with van der Waals surface area (Å²) in [7, 11) is 0. The lowest BCUT2D eigenvalue weighted by Crippen LogP contribution is -2.65. The Balaban J connectivity index is 1.75. The number of carbonyl (C=O) groups excluding carboxylic acids is 6. The highest BCUT2D eigenvalue weighted by molar-refractivity contribution is 8.13. The highest BCUT2D eigenvalue weighted by Crippen LogP contribution is 2.29. The summed E-state index contributed by atoms with van der Waals surface area (Å²) in [5, 5.41) is 17.9. The highest BCUT2D eigenvalue weighted by Gasteiger charge is 2.44. The molecule has 0 aliphatic carbocycles. The quantitative estimate of drug-likeness (QED) is 0.185. The van der Waals surface area contributed by atoms with Crippen LogP contribution in [0.3, 0.4) is 0 Å². The third-order valence-corrected chi connectivity index (χ3v) is 13.1. The molecule has 3 unspecified atom stereocenters. The summed E-state index contributed by atoms with van der Waals surface area (Å²) in [5.41, 5.74) is -0.663. The molecule has 2 aliphatic rings. The minimum Gasteiger partial charge on any atom is -0.360 e. The number of aromatic nitrogens is 1. The third-order valence-electron chi connectivity index (χ3n) is 11.1. The lowest BCUT2D eigenvalue weighted by molar-refractivity contribution is -0.140. The van der Waals surface area contributed by atoms with Gasteiger partial charge in [0.25, 0.3) is 0 Å². The molecule has 4 rings (SSSR count). The second kappa shape index (κ2) is 21.0. The Hall–Kier alpha value is -4.31. The lowest BCUT2D eigenvalue weighted by atomic mass is 9.82. The molecule has 1 aromatic heterocycles. The van der Waals surface area contributed by atoms with Crippen LogP contribution >= 0.6 is 23.1 Å². The second-order valence-electron chi connectivity index (χ2n) is 18.5. The summed E-state index contributed by atoms with van der Waals surface area (Å²) in [5.74, 6) is -2.13. The molecule has 1 aromatic carbocycles. The smallest absolute Gasteiger partial charge is 0.244 e. The Labute approximate surface area is 364 Å². The molecule has 0 saturated carbocycles. The Kier molecular flexibility index (Phi) is 16.9. The third kappa shape index (κ3) is 12.6. The molecular formula is C44H66N8O6S2. The lowest BCUT2D eigenvalue weighted by Gasteiger charge is -2.39. The number of benzene rings is 1. The molecule has 0 bridgehead atoms. The predicted molar refractivity (Wildman–Crippen MR) is 238 cm³/mol. The summed E-state index contributed by atoms with van der Waals surface area (Å²) < 4.78 is 0. The highest BCUT2D eigenvalue weighted by atomic mass is 32.2. The SMILES string of the molecule is CCCSC(=O)C[C@@H](NC(=O)C(NC(=O)C(NC1=NCC(=O)N2CC[C@@H](C)[C@H]2C(=O)N[C@@H](C(C)C)C(=O)NC1C(C)(C)C)C(C)(C)C)[C@@H](C)c1ccccc1)c1nccs1. The van der Waals surface area contributed by atoms with Crippen LogP contribution in [0.25, 0.3) is 0 Å². The van der Waals surface area contributed by atoms with E-state index in [2.05, 4.69) is 31.6 Å². The van der Waals surface area contributed by atoms with Crippen molar-refractivity contribution in [1.82, 2.24) is 36.5 Å². The Morgan fingerprint density at radius 1 is 0.967 bits per heavy atom. The zero-order valence-corrected chi connectivity index (χ0v) is 38.7. The number of rotatable bonds is 13. The van der Waals surface area contributed by atoms with Crippen molar-refractivity contribution in [3.63, 3.8) is 0 Å². The Bertz CT molecular complexity index is 1840. The van der Waals surface area contributed by atoms with Crippen molar-refractivity contribution < 1.29 is 28.8 Å². The number of carbonyl (C=O) groups is 6. The van der Waals surface area contributed by atoms with Crippen LogP contribution in [0.15, 0.2) is 46.9 Å². The number of aliphatic imine (C=N–C) groups is 1. The zero-order chi connectivity index (χ0) is 44.5. The van der Waals surface area contributed by atoms with Crippen molar-refractivity contribution in [3.8, 4) is 0 Å². The summed E-state index contributed by atoms with van der Waals surface area (Å²) in [6.07, 6.45) is 3.12. The molecule has 16 heteroatoms. The van der Waals surface area contributed by atoms with E-state index in [0.717, 1.165) is 12.0 Å². The van der Waals surface area contributed by atoms with Crippen molar-refractivity contribution >= 4 is 63.6 Å². The van der Waals surface area contributed by atoms with Crippen LogP contribution in [0.4, 0.5) is 0 Å². The van der Waals surface area contributed by atoms with Gasteiger partial charge in [-0.15, -0.1) is 11.3 Å². The summed E-state index contributed by atoms with van der Waals surface area (Å²) in [4.78, 5) is 94.9. The maximum Gasteiger partial charge on any atom is 0.244 e. The van der Waals surface area contributed by atoms with E-state index in [1.54, 1.807) is 16.5 Å². The number of thiazole rings is 1. The molecular weight excluding hydrogens is 801 g/mol. The second-order valence-corrected chi connectivity index (χ2v) is 20.6. The van der Waals surface area contributed by atoms with Gasteiger partial charge in [0.2, 0.25) is 29.5 Å². The van der Waals surface area contributed by atoms with E-state index >= 15 is 0 Å². The number of fused-ring (bicyclic) bond motifs is 1. The number of thioether (sulfide) groups is 1. The van der Waals surface area contributed by atoms with E-state index in [-0.39, 0.29) is 47.6 Å². The van der Waals surface area contributed by atoms with Gasteiger partial charge < -0.3 is 31.5 Å². The molecule has 2 aromatic rings. The number of amidine groups is 1. The number of amides is 5.